The first-order valence-corrected chi connectivity index (χ1v) is 16.6. The molecule has 9 nitrogen and oxygen atoms in total. The van der Waals surface area contributed by atoms with Gasteiger partial charge < -0.3 is 30.5 Å². The Hall–Kier alpha value is -3.37. The van der Waals surface area contributed by atoms with E-state index in [2.05, 4.69) is 25.3 Å². The lowest BCUT2D eigenvalue weighted by molar-refractivity contribution is -0.181. The highest BCUT2D eigenvalue weighted by Gasteiger charge is 2.59. The zero-order valence-corrected chi connectivity index (χ0v) is 23.3. The summed E-state index contributed by atoms with van der Waals surface area (Å²) in [5.74, 6) is -0.648. The Morgan fingerprint density at radius 2 is 2.08 bits per heavy atom. The molecule has 0 aromatic heterocycles. The Balaban J connectivity index is 1.62. The molecule has 0 bridgehead atoms. The number of hydrogen-bond donors (Lipinski definition) is 3. The third-order valence-electron chi connectivity index (χ3n) is 8.16. The lowest BCUT2D eigenvalue weighted by Crippen LogP contribution is -2.59. The summed E-state index contributed by atoms with van der Waals surface area (Å²) in [6, 6.07) is 6.08. The number of aromatic hydroxyl groups is 1. The number of hydrogen-bond acceptors (Lipinski definition) is 9. The molecule has 10 heteroatoms. The van der Waals surface area contributed by atoms with Crippen molar-refractivity contribution in [1.29, 1.82) is 0 Å². The van der Waals surface area contributed by atoms with Gasteiger partial charge in [-0.3, -0.25) is 9.59 Å². The molecule has 0 saturated carbocycles. The molecule has 5 rings (SSSR count). The van der Waals surface area contributed by atoms with Gasteiger partial charge in [0, 0.05) is 23.3 Å². The number of carbonyl (C=O) groups is 3. The lowest BCUT2D eigenvalue weighted by atomic mass is 9.77. The van der Waals surface area contributed by atoms with Gasteiger partial charge in [-0.15, -0.1) is 0 Å². The quantitative estimate of drug-likeness (QED) is 0.354. The minimum absolute atomic E-state index is 0.132. The fourth-order valence-electron chi connectivity index (χ4n) is 6.05. The maximum Gasteiger partial charge on any atom is 0.355 e. The van der Waals surface area contributed by atoms with Crippen LogP contribution in [0.5, 0.6) is 5.75 Å². The van der Waals surface area contributed by atoms with Crippen LogP contribution in [0.15, 0.2) is 46.6 Å². The molecular weight excluding hydrogens is 502 g/mol. The van der Waals surface area contributed by atoms with E-state index in [-0.39, 0.29) is 30.9 Å². The van der Waals surface area contributed by atoms with Gasteiger partial charge in [-0.1, -0.05) is 51.9 Å². The van der Waals surface area contributed by atoms with Crippen molar-refractivity contribution in [3.8, 4) is 5.75 Å². The van der Waals surface area contributed by atoms with Crippen molar-refractivity contribution in [1.82, 2.24) is 10.2 Å². The molecule has 0 saturated heterocycles. The number of allylic oxidation sites excluding steroid dienone is 2. The summed E-state index contributed by atoms with van der Waals surface area (Å²) in [5, 5.41) is 13.3. The van der Waals surface area contributed by atoms with Gasteiger partial charge in [-0.25, -0.2) is 4.79 Å². The standard InChI is InChI=1S/C28H35N3O6Si/c1-5-7-10-38(3,4)26-23-19(28(6-2,27(35)36-26)37-22(33)14-29)13-20-24(25(23)34)31-15-16-8-9-18(32)11-17(16)12-21(31)30-20/h8-9,11-12,26,30,32H,5-7,10,13-15,29H2,1-4H3. The molecule has 3 heterocycles. The molecule has 2 atom stereocenters. The van der Waals surface area contributed by atoms with Gasteiger partial charge in [0.2, 0.25) is 11.4 Å². The van der Waals surface area contributed by atoms with Crippen LogP contribution in [0.1, 0.15) is 50.7 Å². The Morgan fingerprint density at radius 1 is 1.32 bits per heavy atom. The van der Waals surface area contributed by atoms with E-state index in [4.69, 9.17) is 15.2 Å². The molecular formula is C28H35N3O6Si. The number of ether oxygens (including phenoxy) is 2. The smallest absolute Gasteiger partial charge is 0.355 e. The number of fused-ring (bicyclic) bond motifs is 3. The number of ketones is 1. The van der Waals surface area contributed by atoms with Crippen molar-refractivity contribution in [2.75, 3.05) is 6.54 Å². The topological polar surface area (TPSA) is 131 Å². The van der Waals surface area contributed by atoms with E-state index in [1.165, 1.54) is 0 Å². The number of carbonyl (C=O) groups excluding carboxylic acids is 3. The first-order valence-electron chi connectivity index (χ1n) is 13.3. The molecule has 3 aliphatic heterocycles. The molecule has 0 amide bonds. The molecule has 0 fully saturated rings. The van der Waals surface area contributed by atoms with Crippen molar-refractivity contribution in [3.05, 3.63) is 57.7 Å². The van der Waals surface area contributed by atoms with Crippen LogP contribution < -0.4 is 11.1 Å². The summed E-state index contributed by atoms with van der Waals surface area (Å²) < 4.78 is 11.9. The SMILES string of the molecule is CCCC[Si](C)(C)C1OC(=O)C(CC)(OC(=O)CN)C2=C1C(=O)C1=C(C2)NC2=Cc3cc(O)ccc3CN21. The first-order chi connectivity index (χ1) is 18.1. The summed E-state index contributed by atoms with van der Waals surface area (Å²) in [6.07, 6.45) is 4.27. The van der Waals surface area contributed by atoms with Crippen LogP contribution >= 0.6 is 0 Å². The predicted octanol–water partition coefficient (Wildman–Crippen LogP) is 3.21. The van der Waals surface area contributed by atoms with Crippen molar-refractivity contribution in [2.45, 2.75) is 76.5 Å². The molecule has 1 aromatic carbocycles. The maximum atomic E-state index is 14.5. The highest BCUT2D eigenvalue weighted by Crippen LogP contribution is 2.49. The Bertz CT molecular complexity index is 1330. The van der Waals surface area contributed by atoms with Gasteiger partial charge in [-0.05, 0) is 35.8 Å². The third kappa shape index (κ3) is 3.97. The average Bonchev–Trinajstić information content (AvgIpc) is 3.24. The summed E-state index contributed by atoms with van der Waals surface area (Å²) in [7, 11) is -2.28. The lowest BCUT2D eigenvalue weighted by Gasteiger charge is -2.46. The first kappa shape index (κ1) is 26.2. The number of phenolic OH excluding ortho intramolecular Hbond substituents is 1. The van der Waals surface area contributed by atoms with Gasteiger partial charge in [0.05, 0.1) is 13.1 Å². The fourth-order valence-corrected chi connectivity index (χ4v) is 9.09. The van der Waals surface area contributed by atoms with E-state index in [1.54, 1.807) is 19.1 Å². The minimum atomic E-state index is -2.28. The largest absolute Gasteiger partial charge is 0.508 e. The number of unbranched alkanes of at least 4 members (excludes halogenated alkanes) is 1. The van der Waals surface area contributed by atoms with Crippen LogP contribution in [0.25, 0.3) is 6.08 Å². The molecule has 1 aromatic rings. The van der Waals surface area contributed by atoms with E-state index in [0.717, 1.165) is 35.8 Å². The van der Waals surface area contributed by atoms with Crippen LogP contribution in [-0.4, -0.2) is 53.7 Å². The second-order valence-corrected chi connectivity index (χ2v) is 16.1. The zero-order valence-electron chi connectivity index (χ0n) is 22.3. The van der Waals surface area contributed by atoms with Gasteiger partial charge in [0.25, 0.3) is 0 Å². The van der Waals surface area contributed by atoms with Crippen LogP contribution in [0.4, 0.5) is 0 Å². The van der Waals surface area contributed by atoms with Crippen molar-refractivity contribution >= 4 is 31.9 Å². The Morgan fingerprint density at radius 3 is 2.76 bits per heavy atom. The number of cyclic esters (lactones) is 1. The summed E-state index contributed by atoms with van der Waals surface area (Å²) in [5.41, 5.74) is 7.25. The van der Waals surface area contributed by atoms with Gasteiger partial charge in [0.1, 0.15) is 31.1 Å². The number of phenols is 1. The number of benzene rings is 1. The average molecular weight is 538 g/mol. The van der Waals surface area contributed by atoms with E-state index in [0.29, 0.717) is 29.1 Å². The minimum Gasteiger partial charge on any atom is -0.508 e. The van der Waals surface area contributed by atoms with Crippen LogP contribution in [0.3, 0.4) is 0 Å². The maximum absolute atomic E-state index is 14.5. The zero-order chi connectivity index (χ0) is 27.4. The highest BCUT2D eigenvalue weighted by atomic mass is 28.3. The van der Waals surface area contributed by atoms with Gasteiger partial charge in [0.15, 0.2) is 0 Å². The Kier molecular flexibility index (Phi) is 6.51. The molecule has 202 valence electrons. The van der Waals surface area contributed by atoms with Gasteiger partial charge in [-0.2, -0.15) is 0 Å². The summed E-state index contributed by atoms with van der Waals surface area (Å²) in [4.78, 5) is 42.5. The molecule has 0 radical (unpaired) electrons. The van der Waals surface area contributed by atoms with Crippen LogP contribution in [-0.2, 0) is 30.4 Å². The molecule has 1 aliphatic carbocycles. The summed E-state index contributed by atoms with van der Waals surface area (Å²) in [6.45, 7) is 8.24. The monoisotopic (exact) mass is 537 g/mol. The van der Waals surface area contributed by atoms with Crippen LogP contribution in [0.2, 0.25) is 19.1 Å². The normalized spacial score (nSPS) is 24.2. The molecule has 38 heavy (non-hydrogen) atoms. The second-order valence-electron chi connectivity index (χ2n) is 11.1. The second kappa shape index (κ2) is 9.43. The third-order valence-corrected chi connectivity index (χ3v) is 11.6. The highest BCUT2D eigenvalue weighted by molar-refractivity contribution is 6.80. The van der Waals surface area contributed by atoms with E-state index in [9.17, 15) is 19.5 Å². The van der Waals surface area contributed by atoms with E-state index in [1.807, 2.05) is 17.0 Å². The number of rotatable bonds is 7. The number of esters is 2. The van der Waals surface area contributed by atoms with E-state index < -0.39 is 31.3 Å². The number of nitrogens with one attached hydrogen (secondary N) is 1. The van der Waals surface area contributed by atoms with Crippen LogP contribution in [0, 0.1) is 0 Å². The molecule has 2 unspecified atom stereocenters. The number of Topliss-reactive ketones (excluding diaryl/α,β-unsaturated/α-hetero) is 1. The molecule has 0 spiro atoms. The number of nitrogens with zero attached hydrogens (tertiary/aromatic N) is 1. The van der Waals surface area contributed by atoms with Gasteiger partial charge >= 0.3 is 11.9 Å². The Labute approximate surface area is 223 Å². The van der Waals surface area contributed by atoms with Crippen molar-refractivity contribution in [2.24, 2.45) is 5.73 Å². The van der Waals surface area contributed by atoms with Crippen molar-refractivity contribution in [3.63, 3.8) is 0 Å². The number of nitrogens with two attached hydrogens (primary N) is 1. The molecule has 4 aliphatic rings. The fraction of sp³-hybridized carbons (Fsp3) is 0.464. The predicted molar refractivity (Wildman–Crippen MR) is 144 cm³/mol. The summed E-state index contributed by atoms with van der Waals surface area (Å²) >= 11 is 0. The molecule has 4 N–H and O–H groups in total. The van der Waals surface area contributed by atoms with E-state index >= 15 is 0 Å². The van der Waals surface area contributed by atoms with Crippen molar-refractivity contribution < 1.29 is 29.0 Å².